The van der Waals surface area contributed by atoms with Gasteiger partial charge in [-0.25, -0.2) is 0 Å². The molecule has 2 fully saturated rings. The Bertz CT molecular complexity index is 453. The Balaban J connectivity index is 1.51. The SMILES string of the molecule is CCc1ccc(CC(=O)CC2CC3CCC(C2)N3)cc1. The molecule has 2 atom stereocenters. The van der Waals surface area contributed by atoms with Gasteiger partial charge in [0, 0.05) is 24.9 Å². The number of fused-ring (bicyclic) bond motifs is 2. The van der Waals surface area contributed by atoms with E-state index < -0.39 is 0 Å². The van der Waals surface area contributed by atoms with Crippen molar-refractivity contribution in [3.8, 4) is 0 Å². The second-order valence-electron chi connectivity index (χ2n) is 6.56. The van der Waals surface area contributed by atoms with Crippen molar-refractivity contribution in [2.24, 2.45) is 5.92 Å². The molecule has 0 spiro atoms. The lowest BCUT2D eigenvalue weighted by Gasteiger charge is -2.28. The maximum absolute atomic E-state index is 12.2. The highest BCUT2D eigenvalue weighted by Gasteiger charge is 2.33. The van der Waals surface area contributed by atoms with E-state index in [0.29, 0.717) is 30.2 Å². The van der Waals surface area contributed by atoms with E-state index in [1.165, 1.54) is 36.8 Å². The fourth-order valence-corrected chi connectivity index (χ4v) is 3.86. The standard InChI is InChI=1S/C18H25NO/c1-2-13-3-5-14(6-4-13)11-18(20)12-15-9-16-7-8-17(10-15)19-16/h3-6,15-17,19H,2,7-12H2,1H3. The molecule has 0 amide bonds. The van der Waals surface area contributed by atoms with Gasteiger partial charge < -0.3 is 5.32 Å². The summed E-state index contributed by atoms with van der Waals surface area (Å²) in [7, 11) is 0. The van der Waals surface area contributed by atoms with Gasteiger partial charge >= 0.3 is 0 Å². The predicted octanol–water partition coefficient (Wildman–Crippen LogP) is 3.28. The fraction of sp³-hybridized carbons (Fsp3) is 0.611. The van der Waals surface area contributed by atoms with Crippen molar-refractivity contribution in [1.29, 1.82) is 0 Å². The largest absolute Gasteiger partial charge is 0.311 e. The van der Waals surface area contributed by atoms with Gasteiger partial charge in [-0.15, -0.1) is 0 Å². The summed E-state index contributed by atoms with van der Waals surface area (Å²) in [5, 5.41) is 3.64. The summed E-state index contributed by atoms with van der Waals surface area (Å²) in [4.78, 5) is 12.2. The highest BCUT2D eigenvalue weighted by Crippen LogP contribution is 2.32. The molecule has 2 aliphatic heterocycles. The molecule has 1 aromatic rings. The summed E-state index contributed by atoms with van der Waals surface area (Å²) >= 11 is 0. The van der Waals surface area contributed by atoms with Gasteiger partial charge in [0.05, 0.1) is 0 Å². The van der Waals surface area contributed by atoms with Crippen LogP contribution < -0.4 is 5.32 Å². The highest BCUT2D eigenvalue weighted by molar-refractivity contribution is 5.81. The van der Waals surface area contributed by atoms with Crippen LogP contribution in [0.2, 0.25) is 0 Å². The number of ketones is 1. The molecule has 2 heteroatoms. The molecule has 0 saturated carbocycles. The van der Waals surface area contributed by atoms with Crippen LogP contribution >= 0.6 is 0 Å². The number of carbonyl (C=O) groups excluding carboxylic acids is 1. The molecule has 1 N–H and O–H groups in total. The molecule has 2 heterocycles. The second-order valence-corrected chi connectivity index (χ2v) is 6.56. The molecular formula is C18H25NO. The number of hydrogen-bond acceptors (Lipinski definition) is 2. The Labute approximate surface area is 122 Å². The van der Waals surface area contributed by atoms with Crippen molar-refractivity contribution in [3.63, 3.8) is 0 Å². The minimum atomic E-state index is 0.417. The van der Waals surface area contributed by atoms with Crippen molar-refractivity contribution in [1.82, 2.24) is 5.32 Å². The summed E-state index contributed by atoms with van der Waals surface area (Å²) in [5.41, 5.74) is 2.51. The Hall–Kier alpha value is -1.15. The van der Waals surface area contributed by atoms with Crippen LogP contribution in [0.5, 0.6) is 0 Å². The van der Waals surface area contributed by atoms with E-state index in [1.54, 1.807) is 0 Å². The molecule has 2 saturated heterocycles. The van der Waals surface area contributed by atoms with E-state index in [0.717, 1.165) is 12.8 Å². The van der Waals surface area contributed by atoms with Crippen molar-refractivity contribution >= 4 is 5.78 Å². The monoisotopic (exact) mass is 271 g/mol. The number of hydrogen-bond donors (Lipinski definition) is 1. The number of nitrogens with one attached hydrogen (secondary N) is 1. The number of carbonyl (C=O) groups is 1. The number of benzene rings is 1. The van der Waals surface area contributed by atoms with Gasteiger partial charge in [0.15, 0.2) is 0 Å². The van der Waals surface area contributed by atoms with Gasteiger partial charge in [0.25, 0.3) is 0 Å². The first-order valence-electron chi connectivity index (χ1n) is 8.08. The molecule has 1 aromatic carbocycles. The average Bonchev–Trinajstić information content (AvgIpc) is 2.78. The first-order valence-corrected chi connectivity index (χ1v) is 8.08. The van der Waals surface area contributed by atoms with E-state index in [1.807, 2.05) is 0 Å². The molecule has 2 aliphatic rings. The highest BCUT2D eigenvalue weighted by atomic mass is 16.1. The van der Waals surface area contributed by atoms with Gasteiger partial charge in [-0.05, 0) is 49.1 Å². The normalized spacial score (nSPS) is 28.6. The van der Waals surface area contributed by atoms with Gasteiger partial charge in [-0.2, -0.15) is 0 Å². The molecule has 2 nitrogen and oxygen atoms in total. The van der Waals surface area contributed by atoms with E-state index >= 15 is 0 Å². The first-order chi connectivity index (χ1) is 9.72. The van der Waals surface area contributed by atoms with Crippen molar-refractivity contribution in [2.75, 3.05) is 0 Å². The van der Waals surface area contributed by atoms with Crippen LogP contribution in [-0.4, -0.2) is 17.9 Å². The van der Waals surface area contributed by atoms with Gasteiger partial charge in [-0.3, -0.25) is 4.79 Å². The summed E-state index contributed by atoms with van der Waals surface area (Å²) in [5.74, 6) is 1.04. The summed E-state index contributed by atoms with van der Waals surface area (Å²) in [6.45, 7) is 2.16. The van der Waals surface area contributed by atoms with Crippen LogP contribution in [0, 0.1) is 5.92 Å². The third-order valence-corrected chi connectivity index (χ3v) is 4.92. The maximum Gasteiger partial charge on any atom is 0.137 e. The summed E-state index contributed by atoms with van der Waals surface area (Å²) in [6.07, 6.45) is 7.50. The molecule has 2 unspecified atom stereocenters. The van der Waals surface area contributed by atoms with Crippen LogP contribution in [0.1, 0.15) is 50.2 Å². The maximum atomic E-state index is 12.2. The van der Waals surface area contributed by atoms with Gasteiger partial charge in [0.2, 0.25) is 0 Å². The molecule has 20 heavy (non-hydrogen) atoms. The first kappa shape index (κ1) is 13.8. The quantitative estimate of drug-likeness (QED) is 0.890. The topological polar surface area (TPSA) is 29.1 Å². The van der Waals surface area contributed by atoms with Gasteiger partial charge in [-0.1, -0.05) is 31.2 Å². The number of aryl methyl sites for hydroxylation is 1. The number of rotatable bonds is 5. The van der Waals surface area contributed by atoms with Crippen LogP contribution in [0.25, 0.3) is 0 Å². The van der Waals surface area contributed by atoms with Crippen molar-refractivity contribution in [2.45, 2.75) is 64.0 Å². The second kappa shape index (κ2) is 6.09. The number of Topliss-reactive ketones (excluding diaryl/α,β-unsaturated/α-hetero) is 1. The fourth-order valence-electron chi connectivity index (χ4n) is 3.86. The third kappa shape index (κ3) is 3.29. The predicted molar refractivity (Wildman–Crippen MR) is 81.8 cm³/mol. The van der Waals surface area contributed by atoms with E-state index in [4.69, 9.17) is 0 Å². The smallest absolute Gasteiger partial charge is 0.137 e. The van der Waals surface area contributed by atoms with E-state index in [2.05, 4.69) is 36.5 Å². The zero-order valence-corrected chi connectivity index (χ0v) is 12.4. The molecule has 0 radical (unpaired) electrons. The zero-order valence-electron chi connectivity index (χ0n) is 12.4. The molecule has 0 aromatic heterocycles. The Morgan fingerprint density at radius 2 is 1.70 bits per heavy atom. The molecule has 0 aliphatic carbocycles. The molecular weight excluding hydrogens is 246 g/mol. The lowest BCUT2D eigenvalue weighted by molar-refractivity contribution is -0.119. The summed E-state index contributed by atoms with van der Waals surface area (Å²) < 4.78 is 0. The van der Waals surface area contributed by atoms with Crippen LogP contribution in [0.4, 0.5) is 0 Å². The Kier molecular flexibility index (Phi) is 4.21. The van der Waals surface area contributed by atoms with Gasteiger partial charge in [0.1, 0.15) is 5.78 Å². The van der Waals surface area contributed by atoms with E-state index in [9.17, 15) is 4.79 Å². The van der Waals surface area contributed by atoms with Crippen LogP contribution in [-0.2, 0) is 17.6 Å². The molecule has 108 valence electrons. The lowest BCUT2D eigenvalue weighted by atomic mass is 9.87. The van der Waals surface area contributed by atoms with E-state index in [-0.39, 0.29) is 0 Å². The van der Waals surface area contributed by atoms with Crippen molar-refractivity contribution < 1.29 is 4.79 Å². The Morgan fingerprint density at radius 3 is 2.30 bits per heavy atom. The van der Waals surface area contributed by atoms with Crippen LogP contribution in [0.3, 0.4) is 0 Å². The minimum absolute atomic E-state index is 0.417. The third-order valence-electron chi connectivity index (χ3n) is 4.92. The molecule has 2 bridgehead atoms. The average molecular weight is 271 g/mol. The summed E-state index contributed by atoms with van der Waals surface area (Å²) in [6, 6.07) is 9.90. The molecule has 3 rings (SSSR count). The van der Waals surface area contributed by atoms with Crippen LogP contribution in [0.15, 0.2) is 24.3 Å². The number of piperidine rings is 1. The van der Waals surface area contributed by atoms with Crippen molar-refractivity contribution in [3.05, 3.63) is 35.4 Å². The minimum Gasteiger partial charge on any atom is -0.311 e. The zero-order chi connectivity index (χ0) is 13.9. The Morgan fingerprint density at radius 1 is 1.10 bits per heavy atom. The lowest BCUT2D eigenvalue weighted by Crippen LogP contribution is -2.38.